The summed E-state index contributed by atoms with van der Waals surface area (Å²) in [4.78, 5) is 37.6. The number of carboxylic acids is 1. The van der Waals surface area contributed by atoms with Crippen LogP contribution in [0, 0.1) is 11.8 Å². The summed E-state index contributed by atoms with van der Waals surface area (Å²) in [6, 6.07) is 2.03. The Kier molecular flexibility index (Phi) is 5.62. The number of anilines is 1. The third kappa shape index (κ3) is 3.48. The largest absolute Gasteiger partial charge is 0.481 e. The summed E-state index contributed by atoms with van der Waals surface area (Å²) in [7, 11) is 0. The monoisotopic (exact) mass is 396 g/mol. The molecule has 0 spiro atoms. The predicted molar refractivity (Wildman–Crippen MR) is 102 cm³/mol. The minimum absolute atomic E-state index is 0. The first kappa shape index (κ1) is 18.8. The molecule has 140 valence electrons. The molecule has 2 aliphatic rings. The zero-order chi connectivity index (χ0) is 17.4. The lowest BCUT2D eigenvalue weighted by Crippen LogP contribution is -2.44. The van der Waals surface area contributed by atoms with E-state index in [0.29, 0.717) is 26.1 Å². The van der Waals surface area contributed by atoms with Crippen LogP contribution >= 0.6 is 23.7 Å². The summed E-state index contributed by atoms with van der Waals surface area (Å²) in [5.41, 5.74) is 0. The van der Waals surface area contributed by atoms with Gasteiger partial charge in [0.1, 0.15) is 17.0 Å². The average Bonchev–Trinajstić information content (AvgIpc) is 3.30. The molecule has 2 atom stereocenters. The molecule has 2 aromatic heterocycles. The van der Waals surface area contributed by atoms with Crippen LogP contribution in [0.1, 0.15) is 19.3 Å². The van der Waals surface area contributed by atoms with E-state index in [9.17, 15) is 9.59 Å². The van der Waals surface area contributed by atoms with Crippen LogP contribution in [0.15, 0.2) is 17.8 Å². The first-order valence-electron chi connectivity index (χ1n) is 8.58. The van der Waals surface area contributed by atoms with Crippen molar-refractivity contribution < 1.29 is 14.7 Å². The highest BCUT2D eigenvalue weighted by Crippen LogP contribution is 2.31. The Morgan fingerprint density at radius 2 is 2.00 bits per heavy atom. The molecule has 0 saturated carbocycles. The van der Waals surface area contributed by atoms with Crippen LogP contribution in [-0.2, 0) is 9.59 Å². The third-order valence-electron chi connectivity index (χ3n) is 5.16. The molecule has 26 heavy (non-hydrogen) atoms. The van der Waals surface area contributed by atoms with Crippen molar-refractivity contribution in [3.63, 3.8) is 0 Å². The van der Waals surface area contributed by atoms with Crippen LogP contribution in [0.25, 0.3) is 10.2 Å². The van der Waals surface area contributed by atoms with E-state index < -0.39 is 11.9 Å². The molecule has 9 heteroatoms. The summed E-state index contributed by atoms with van der Waals surface area (Å²) < 4.78 is 0. The molecule has 2 saturated heterocycles. The number of nitrogens with zero attached hydrogens (tertiary/aromatic N) is 4. The van der Waals surface area contributed by atoms with Gasteiger partial charge in [0.05, 0.1) is 17.2 Å². The molecule has 2 fully saturated rings. The fraction of sp³-hybridized carbons (Fsp3) is 0.529. The highest BCUT2D eigenvalue weighted by atomic mass is 35.5. The van der Waals surface area contributed by atoms with Gasteiger partial charge in [0.15, 0.2) is 0 Å². The summed E-state index contributed by atoms with van der Waals surface area (Å²) in [5, 5.41) is 12.2. The molecule has 0 bridgehead atoms. The predicted octanol–water partition coefficient (Wildman–Crippen LogP) is 2.26. The van der Waals surface area contributed by atoms with Crippen LogP contribution in [0.4, 0.5) is 5.82 Å². The zero-order valence-corrected chi connectivity index (χ0v) is 15.8. The second-order valence-corrected chi connectivity index (χ2v) is 7.62. The average molecular weight is 397 g/mol. The van der Waals surface area contributed by atoms with E-state index in [-0.39, 0.29) is 24.2 Å². The van der Waals surface area contributed by atoms with Gasteiger partial charge in [-0.25, -0.2) is 9.97 Å². The van der Waals surface area contributed by atoms with E-state index in [1.165, 1.54) is 0 Å². The molecule has 0 radical (unpaired) electrons. The SMILES string of the molecule is Cl.O=C(O)C1CCN(C(=O)C2CCCN(c3ncnc4sccc34)C2)C1. The number of aliphatic carboxylic acids is 1. The summed E-state index contributed by atoms with van der Waals surface area (Å²) in [6.07, 6.45) is 3.92. The fourth-order valence-corrected chi connectivity index (χ4v) is 4.55. The van der Waals surface area contributed by atoms with Crippen molar-refractivity contribution in [2.75, 3.05) is 31.1 Å². The summed E-state index contributed by atoms with van der Waals surface area (Å²) in [5.74, 6) is -0.333. The first-order valence-corrected chi connectivity index (χ1v) is 9.46. The number of likely N-dealkylation sites (tertiary alicyclic amines) is 1. The van der Waals surface area contributed by atoms with Gasteiger partial charge in [0, 0.05) is 26.2 Å². The van der Waals surface area contributed by atoms with Crippen LogP contribution in [-0.4, -0.2) is 58.0 Å². The molecule has 4 rings (SSSR count). The van der Waals surface area contributed by atoms with Crippen molar-refractivity contribution in [3.05, 3.63) is 17.8 Å². The Morgan fingerprint density at radius 3 is 2.77 bits per heavy atom. The first-order chi connectivity index (χ1) is 12.1. The topological polar surface area (TPSA) is 86.6 Å². The lowest BCUT2D eigenvalue weighted by molar-refractivity contribution is -0.141. The Bertz CT molecular complexity index is 814. The quantitative estimate of drug-likeness (QED) is 0.856. The van der Waals surface area contributed by atoms with Crippen molar-refractivity contribution in [2.24, 2.45) is 11.8 Å². The number of hydrogen-bond donors (Lipinski definition) is 1. The number of halogens is 1. The van der Waals surface area contributed by atoms with Gasteiger partial charge in [-0.05, 0) is 30.7 Å². The van der Waals surface area contributed by atoms with Crippen molar-refractivity contribution in [1.29, 1.82) is 0 Å². The molecule has 1 amide bonds. The van der Waals surface area contributed by atoms with Gasteiger partial charge in [-0.15, -0.1) is 23.7 Å². The maximum absolute atomic E-state index is 12.8. The van der Waals surface area contributed by atoms with E-state index in [1.807, 2.05) is 11.4 Å². The second kappa shape index (κ2) is 7.75. The van der Waals surface area contributed by atoms with Gasteiger partial charge < -0.3 is 14.9 Å². The van der Waals surface area contributed by atoms with Gasteiger partial charge in [-0.1, -0.05) is 0 Å². The number of thiophene rings is 1. The van der Waals surface area contributed by atoms with Crippen LogP contribution < -0.4 is 4.90 Å². The van der Waals surface area contributed by atoms with Gasteiger partial charge in [-0.3, -0.25) is 9.59 Å². The maximum Gasteiger partial charge on any atom is 0.308 e. The number of rotatable bonds is 3. The molecule has 2 aliphatic heterocycles. The highest BCUT2D eigenvalue weighted by Gasteiger charge is 2.36. The summed E-state index contributed by atoms with van der Waals surface area (Å²) in [6.45, 7) is 2.40. The normalized spacial score (nSPS) is 23.1. The van der Waals surface area contributed by atoms with E-state index in [1.54, 1.807) is 22.6 Å². The lowest BCUT2D eigenvalue weighted by atomic mass is 9.96. The Morgan fingerprint density at radius 1 is 1.15 bits per heavy atom. The van der Waals surface area contributed by atoms with E-state index in [4.69, 9.17) is 5.11 Å². The van der Waals surface area contributed by atoms with Gasteiger partial charge in [0.25, 0.3) is 0 Å². The minimum Gasteiger partial charge on any atom is -0.481 e. The summed E-state index contributed by atoms with van der Waals surface area (Å²) >= 11 is 1.59. The van der Waals surface area contributed by atoms with Crippen molar-refractivity contribution >= 4 is 51.7 Å². The number of carbonyl (C=O) groups is 2. The Labute approximate surface area is 161 Å². The molecule has 2 unspecified atom stereocenters. The van der Waals surface area contributed by atoms with Crippen LogP contribution in [0.5, 0.6) is 0 Å². The number of amides is 1. The molecule has 4 heterocycles. The molecule has 0 aliphatic carbocycles. The van der Waals surface area contributed by atoms with Crippen molar-refractivity contribution in [1.82, 2.24) is 14.9 Å². The molecule has 2 aromatic rings. The van der Waals surface area contributed by atoms with E-state index >= 15 is 0 Å². The molecule has 1 N–H and O–H groups in total. The molecule has 7 nitrogen and oxygen atoms in total. The maximum atomic E-state index is 12.8. The lowest BCUT2D eigenvalue weighted by Gasteiger charge is -2.34. The number of fused-ring (bicyclic) bond motifs is 1. The third-order valence-corrected chi connectivity index (χ3v) is 5.98. The number of hydrogen-bond acceptors (Lipinski definition) is 6. The fourth-order valence-electron chi connectivity index (χ4n) is 3.82. The van der Waals surface area contributed by atoms with Gasteiger partial charge in [0.2, 0.25) is 5.91 Å². The van der Waals surface area contributed by atoms with Crippen LogP contribution in [0.3, 0.4) is 0 Å². The van der Waals surface area contributed by atoms with E-state index in [0.717, 1.165) is 35.4 Å². The number of piperidine rings is 1. The Hall–Kier alpha value is -1.93. The number of carbonyl (C=O) groups excluding carboxylic acids is 1. The number of aromatic nitrogens is 2. The Balaban J connectivity index is 0.00000196. The van der Waals surface area contributed by atoms with Gasteiger partial charge >= 0.3 is 5.97 Å². The standard InChI is InChI=1S/C17H20N4O3S.ClH/c22-16(21-6-3-12(9-21)17(23)24)11-2-1-5-20(8-11)14-13-4-7-25-15(13)19-10-18-14;/h4,7,10-12H,1-3,5-6,8-9H2,(H,23,24);1H. The molecule has 0 aromatic carbocycles. The number of carboxylic acid groups (broad SMARTS) is 1. The molecular weight excluding hydrogens is 376 g/mol. The van der Waals surface area contributed by atoms with Gasteiger partial charge in [-0.2, -0.15) is 0 Å². The second-order valence-electron chi connectivity index (χ2n) is 6.73. The van der Waals surface area contributed by atoms with Crippen molar-refractivity contribution in [2.45, 2.75) is 19.3 Å². The minimum atomic E-state index is -0.804. The zero-order valence-electron chi connectivity index (χ0n) is 14.2. The van der Waals surface area contributed by atoms with E-state index in [2.05, 4.69) is 14.9 Å². The smallest absolute Gasteiger partial charge is 0.308 e. The molecular formula is C17H21ClN4O3S. The van der Waals surface area contributed by atoms with Crippen molar-refractivity contribution in [3.8, 4) is 0 Å². The van der Waals surface area contributed by atoms with Crippen LogP contribution in [0.2, 0.25) is 0 Å². The highest BCUT2D eigenvalue weighted by molar-refractivity contribution is 7.16.